The first kappa shape index (κ1) is 33.5. The van der Waals surface area contributed by atoms with Crippen molar-refractivity contribution in [2.75, 3.05) is 26.8 Å². The number of rotatable bonds is 20. The zero-order valence-corrected chi connectivity index (χ0v) is 20.8. The molecule has 0 aromatic heterocycles. The molecule has 0 spiro atoms. The highest BCUT2D eigenvalue weighted by atomic mass is 16.5. The first-order valence-electron chi connectivity index (χ1n) is 12.0. The molecule has 198 valence electrons. The van der Waals surface area contributed by atoms with Crippen LogP contribution in [-0.2, 0) is 28.7 Å². The molecule has 0 rings (SSSR count). The first-order valence-corrected chi connectivity index (χ1v) is 12.0. The number of nitrogens with one attached hydrogen (secondary N) is 3. The van der Waals surface area contributed by atoms with Gasteiger partial charge in [-0.25, -0.2) is 0 Å². The second-order valence-electron chi connectivity index (χ2n) is 7.53. The third-order valence-corrected chi connectivity index (χ3v) is 4.64. The third-order valence-electron chi connectivity index (χ3n) is 4.64. The Morgan fingerprint density at radius 1 is 0.735 bits per heavy atom. The minimum Gasteiger partial charge on any atom is -0.481 e. The van der Waals surface area contributed by atoms with Gasteiger partial charge in [0.2, 0.25) is 17.7 Å². The van der Waals surface area contributed by atoms with Crippen molar-refractivity contribution in [3.63, 3.8) is 0 Å². The van der Waals surface area contributed by atoms with Crippen molar-refractivity contribution >= 4 is 29.7 Å². The molecular weight excluding hydrogens is 446 g/mol. The van der Waals surface area contributed by atoms with E-state index in [0.717, 1.165) is 51.4 Å². The number of methoxy groups -OCH3 is 1. The van der Waals surface area contributed by atoms with Crippen LogP contribution < -0.4 is 16.0 Å². The van der Waals surface area contributed by atoms with Crippen molar-refractivity contribution in [2.45, 2.75) is 90.5 Å². The molecular formula is C23H43N3O8. The predicted molar refractivity (Wildman–Crippen MR) is 127 cm³/mol. The van der Waals surface area contributed by atoms with Crippen LogP contribution in [0.1, 0.15) is 84.5 Å². The van der Waals surface area contributed by atoms with Gasteiger partial charge in [-0.3, -0.25) is 24.0 Å². The Balaban J connectivity index is 0. The van der Waals surface area contributed by atoms with E-state index >= 15 is 0 Å². The van der Waals surface area contributed by atoms with E-state index in [1.165, 1.54) is 7.11 Å². The molecule has 0 aromatic carbocycles. The van der Waals surface area contributed by atoms with Crippen molar-refractivity contribution in [1.29, 1.82) is 0 Å². The van der Waals surface area contributed by atoms with Gasteiger partial charge in [-0.15, -0.1) is 0 Å². The maximum absolute atomic E-state index is 12.2. The van der Waals surface area contributed by atoms with Crippen LogP contribution in [0.15, 0.2) is 0 Å². The van der Waals surface area contributed by atoms with Gasteiger partial charge < -0.3 is 30.9 Å². The van der Waals surface area contributed by atoms with Crippen molar-refractivity contribution in [2.24, 2.45) is 0 Å². The quantitative estimate of drug-likeness (QED) is 0.161. The van der Waals surface area contributed by atoms with E-state index in [9.17, 15) is 24.0 Å². The molecule has 0 aromatic rings. The summed E-state index contributed by atoms with van der Waals surface area (Å²) >= 11 is 0. The molecule has 11 nitrogen and oxygen atoms in total. The Morgan fingerprint density at radius 2 is 1.26 bits per heavy atom. The Kier molecular flexibility index (Phi) is 23.1. The maximum Gasteiger partial charge on any atom is 0.303 e. The molecule has 0 radical (unpaired) electrons. The van der Waals surface area contributed by atoms with Gasteiger partial charge in [0.25, 0.3) is 0 Å². The van der Waals surface area contributed by atoms with E-state index in [0.29, 0.717) is 6.54 Å². The monoisotopic (exact) mass is 489 g/mol. The van der Waals surface area contributed by atoms with Crippen LogP contribution in [0.2, 0.25) is 0 Å². The topological polar surface area (TPSA) is 171 Å². The van der Waals surface area contributed by atoms with Crippen molar-refractivity contribution in [3.8, 4) is 0 Å². The Bertz CT molecular complexity index is 599. The minimum absolute atomic E-state index is 0.0994. The Labute approximate surface area is 202 Å². The van der Waals surface area contributed by atoms with Crippen molar-refractivity contribution in [3.05, 3.63) is 0 Å². The number of carboxylic acids is 2. The highest BCUT2D eigenvalue weighted by Gasteiger charge is 2.22. The molecule has 0 aliphatic heterocycles. The number of ether oxygens (including phenoxy) is 1. The van der Waals surface area contributed by atoms with Gasteiger partial charge in [0.05, 0.1) is 6.54 Å². The van der Waals surface area contributed by atoms with Crippen LogP contribution in [0.3, 0.4) is 0 Å². The summed E-state index contributed by atoms with van der Waals surface area (Å²) in [7, 11) is 1.32. The fourth-order valence-corrected chi connectivity index (χ4v) is 2.95. The number of hydrogen-bond donors (Lipinski definition) is 5. The molecule has 0 bridgehead atoms. The number of carbonyl (C=O) groups excluding carboxylic acids is 3. The highest BCUT2D eigenvalue weighted by molar-refractivity contribution is 5.91. The van der Waals surface area contributed by atoms with Gasteiger partial charge in [0, 0.05) is 26.5 Å². The summed E-state index contributed by atoms with van der Waals surface area (Å²) in [5.41, 5.74) is 0. The van der Waals surface area contributed by atoms with Crippen LogP contribution >= 0.6 is 0 Å². The molecule has 0 heterocycles. The lowest BCUT2D eigenvalue weighted by Gasteiger charge is -2.17. The van der Waals surface area contributed by atoms with Gasteiger partial charge >= 0.3 is 11.9 Å². The van der Waals surface area contributed by atoms with E-state index in [1.807, 2.05) is 13.8 Å². The van der Waals surface area contributed by atoms with Crippen molar-refractivity contribution < 1.29 is 38.9 Å². The highest BCUT2D eigenvalue weighted by Crippen LogP contribution is 2.09. The van der Waals surface area contributed by atoms with Gasteiger partial charge in [-0.05, 0) is 19.3 Å². The standard InChI is InChI=1S/C21H37N3O8.C2H6/c1-32-15-18(26)24-16(11-12-20(29)30)21(31)23-14-17(25)22-13-9-7-5-3-2-4-6-8-10-19(27)28;1-2/h16H,2-15H2,1H3,(H,22,25)(H,23,31)(H,24,26)(H,27,28)(H,29,30);1-2H3. The summed E-state index contributed by atoms with van der Waals surface area (Å²) in [5.74, 6) is -3.40. The second kappa shape index (κ2) is 23.5. The normalized spacial score (nSPS) is 10.9. The molecule has 34 heavy (non-hydrogen) atoms. The molecule has 0 aliphatic carbocycles. The van der Waals surface area contributed by atoms with Crippen molar-refractivity contribution in [1.82, 2.24) is 16.0 Å². The lowest BCUT2D eigenvalue weighted by Crippen LogP contribution is -2.50. The molecule has 0 aliphatic rings. The predicted octanol–water partition coefficient (Wildman–Crippen LogP) is 1.84. The van der Waals surface area contributed by atoms with E-state index in [-0.39, 0.29) is 38.3 Å². The molecule has 0 saturated carbocycles. The molecule has 11 heteroatoms. The fourth-order valence-electron chi connectivity index (χ4n) is 2.95. The van der Waals surface area contributed by atoms with Gasteiger partial charge in [0.1, 0.15) is 12.6 Å². The summed E-state index contributed by atoms with van der Waals surface area (Å²) in [6, 6.07) is -1.06. The largest absolute Gasteiger partial charge is 0.481 e. The Morgan fingerprint density at radius 3 is 1.79 bits per heavy atom. The van der Waals surface area contributed by atoms with E-state index < -0.39 is 29.8 Å². The maximum atomic E-state index is 12.2. The van der Waals surface area contributed by atoms with Crippen LogP contribution in [0.5, 0.6) is 0 Å². The van der Waals surface area contributed by atoms with Gasteiger partial charge in [-0.1, -0.05) is 52.4 Å². The average Bonchev–Trinajstić information content (AvgIpc) is 2.79. The fraction of sp³-hybridized carbons (Fsp3) is 0.783. The molecule has 3 amide bonds. The summed E-state index contributed by atoms with van der Waals surface area (Å²) in [6.45, 7) is 3.96. The van der Waals surface area contributed by atoms with Crippen LogP contribution in [0, 0.1) is 0 Å². The first-order chi connectivity index (χ1) is 16.3. The second-order valence-corrected chi connectivity index (χ2v) is 7.53. The zero-order chi connectivity index (χ0) is 26.2. The van der Waals surface area contributed by atoms with Gasteiger partial charge in [-0.2, -0.15) is 0 Å². The smallest absolute Gasteiger partial charge is 0.303 e. The number of carbonyl (C=O) groups is 5. The average molecular weight is 490 g/mol. The summed E-state index contributed by atoms with van der Waals surface area (Å²) in [5, 5.41) is 24.9. The molecule has 5 N–H and O–H groups in total. The van der Waals surface area contributed by atoms with Crippen LogP contribution in [-0.4, -0.2) is 72.7 Å². The zero-order valence-electron chi connectivity index (χ0n) is 20.8. The number of aliphatic carboxylic acids is 2. The lowest BCUT2D eigenvalue weighted by atomic mass is 10.1. The molecule has 0 fully saturated rings. The summed E-state index contributed by atoms with van der Waals surface area (Å²) in [6.07, 6.45) is 7.46. The summed E-state index contributed by atoms with van der Waals surface area (Å²) in [4.78, 5) is 56.9. The van der Waals surface area contributed by atoms with Crippen LogP contribution in [0.4, 0.5) is 0 Å². The van der Waals surface area contributed by atoms with Gasteiger partial charge in [0.15, 0.2) is 0 Å². The molecule has 1 unspecified atom stereocenters. The molecule has 1 atom stereocenters. The number of unbranched alkanes of at least 4 members (excludes halogenated alkanes) is 7. The lowest BCUT2D eigenvalue weighted by molar-refractivity contribution is -0.138. The van der Waals surface area contributed by atoms with E-state index in [1.54, 1.807) is 0 Å². The third kappa shape index (κ3) is 22.5. The SMILES string of the molecule is CC.COCC(=O)NC(CCC(=O)O)C(=O)NCC(=O)NCCCCCCCCCCC(=O)O. The number of hydrogen-bond acceptors (Lipinski definition) is 6. The van der Waals surface area contributed by atoms with E-state index in [4.69, 9.17) is 10.2 Å². The number of amides is 3. The minimum atomic E-state index is -1.10. The molecule has 0 saturated heterocycles. The summed E-state index contributed by atoms with van der Waals surface area (Å²) < 4.78 is 4.67. The Hall–Kier alpha value is -2.69. The number of carboxylic acid groups (broad SMARTS) is 2. The van der Waals surface area contributed by atoms with Crippen LogP contribution in [0.25, 0.3) is 0 Å². The van der Waals surface area contributed by atoms with E-state index in [2.05, 4.69) is 20.7 Å².